The monoisotopic (exact) mass is 349 g/mol. The Hall–Kier alpha value is -2.86. The summed E-state index contributed by atoms with van der Waals surface area (Å²) in [6.45, 7) is 2.22. The maximum absolute atomic E-state index is 6.20. The maximum Gasteiger partial charge on any atom is 0.324 e. The van der Waals surface area contributed by atoms with Crippen LogP contribution in [0.2, 0.25) is 0 Å². The fourth-order valence-corrected chi connectivity index (χ4v) is 3.89. The molecule has 0 saturated carbocycles. The van der Waals surface area contributed by atoms with Gasteiger partial charge in [0.25, 0.3) is 0 Å². The zero-order chi connectivity index (χ0) is 17.6. The number of benzene rings is 2. The molecule has 1 aromatic heterocycles. The lowest BCUT2D eigenvalue weighted by atomic mass is 9.92. The van der Waals surface area contributed by atoms with E-state index < -0.39 is 0 Å². The van der Waals surface area contributed by atoms with Crippen molar-refractivity contribution in [2.45, 2.75) is 18.6 Å². The largest absolute Gasteiger partial charge is 0.497 e. The Labute approximate surface area is 151 Å². The molecule has 6 heteroatoms. The van der Waals surface area contributed by atoms with E-state index in [1.165, 1.54) is 11.1 Å². The topological polar surface area (TPSA) is 60.6 Å². The number of hydrogen-bond donors (Lipinski definition) is 0. The molecule has 0 N–H and O–H groups in total. The van der Waals surface area contributed by atoms with Crippen LogP contribution >= 0.6 is 0 Å². The molecule has 1 unspecified atom stereocenters. The lowest BCUT2D eigenvalue weighted by molar-refractivity contribution is -0.0207. The smallest absolute Gasteiger partial charge is 0.324 e. The number of fused-ring (bicyclic) bond motifs is 2. The normalized spacial score (nSPS) is 21.3. The predicted octanol–water partition coefficient (Wildman–Crippen LogP) is 3.38. The van der Waals surface area contributed by atoms with Gasteiger partial charge >= 0.3 is 6.01 Å². The Morgan fingerprint density at radius 3 is 3.00 bits per heavy atom. The molecule has 6 nitrogen and oxygen atoms in total. The fourth-order valence-electron chi connectivity index (χ4n) is 3.89. The molecule has 26 heavy (non-hydrogen) atoms. The number of nitrogens with zero attached hydrogens (tertiary/aromatic N) is 3. The van der Waals surface area contributed by atoms with Gasteiger partial charge < -0.3 is 18.9 Å². The Kier molecular flexibility index (Phi) is 3.46. The zero-order valence-electron chi connectivity index (χ0n) is 14.5. The summed E-state index contributed by atoms with van der Waals surface area (Å²) in [4.78, 5) is 6.70. The fraction of sp³-hybridized carbons (Fsp3) is 0.300. The van der Waals surface area contributed by atoms with E-state index in [-0.39, 0.29) is 5.60 Å². The first kappa shape index (κ1) is 15.4. The van der Waals surface area contributed by atoms with Crippen LogP contribution in [0.4, 0.5) is 6.01 Å². The van der Waals surface area contributed by atoms with Crippen molar-refractivity contribution in [1.82, 2.24) is 10.1 Å². The molecule has 3 aromatic rings. The van der Waals surface area contributed by atoms with Gasteiger partial charge in [0.1, 0.15) is 11.4 Å². The van der Waals surface area contributed by atoms with E-state index in [2.05, 4.69) is 39.3 Å². The quantitative estimate of drug-likeness (QED) is 0.722. The summed E-state index contributed by atoms with van der Waals surface area (Å²) >= 11 is 0. The summed E-state index contributed by atoms with van der Waals surface area (Å²) in [7, 11) is 1.64. The number of anilines is 1. The average Bonchev–Trinajstić information content (AvgIpc) is 3.42. The van der Waals surface area contributed by atoms with Crippen LogP contribution in [0.1, 0.15) is 17.5 Å². The molecule has 1 spiro atoms. The van der Waals surface area contributed by atoms with Crippen molar-refractivity contribution < 1.29 is 14.0 Å². The van der Waals surface area contributed by atoms with Crippen LogP contribution in [0.15, 0.2) is 53.1 Å². The van der Waals surface area contributed by atoms with E-state index in [1.807, 2.05) is 24.3 Å². The van der Waals surface area contributed by atoms with Gasteiger partial charge in [-0.1, -0.05) is 41.6 Å². The lowest BCUT2D eigenvalue weighted by Gasteiger charge is -2.23. The van der Waals surface area contributed by atoms with Gasteiger partial charge in [-0.15, -0.1) is 0 Å². The highest BCUT2D eigenvalue weighted by atomic mass is 16.5. The summed E-state index contributed by atoms with van der Waals surface area (Å²) in [5.41, 5.74) is 3.17. The molecule has 3 heterocycles. The second-order valence-electron chi connectivity index (χ2n) is 6.74. The molecule has 1 atom stereocenters. The average molecular weight is 349 g/mol. The standard InChI is InChI=1S/C20H19N3O3/c1-24-16-7-4-6-14(11-16)18-21-19(26-22-18)23-10-9-20(13-23)17-8-3-2-5-15(17)12-25-20/h2-8,11H,9-10,12-13H2,1H3. The number of rotatable bonds is 3. The second-order valence-corrected chi connectivity index (χ2v) is 6.74. The van der Waals surface area contributed by atoms with E-state index in [0.29, 0.717) is 18.4 Å². The van der Waals surface area contributed by atoms with Crippen LogP contribution in [0, 0.1) is 0 Å². The predicted molar refractivity (Wildman–Crippen MR) is 96.0 cm³/mol. The first-order chi connectivity index (χ1) is 12.8. The van der Waals surface area contributed by atoms with Crippen molar-refractivity contribution >= 4 is 6.01 Å². The molecule has 0 bridgehead atoms. The summed E-state index contributed by atoms with van der Waals surface area (Å²) in [5, 5.41) is 4.14. The number of ether oxygens (including phenoxy) is 2. The summed E-state index contributed by atoms with van der Waals surface area (Å²) in [5.74, 6) is 1.33. The maximum atomic E-state index is 6.20. The number of hydrogen-bond acceptors (Lipinski definition) is 6. The molecule has 0 radical (unpaired) electrons. The van der Waals surface area contributed by atoms with Crippen LogP contribution in [0.25, 0.3) is 11.4 Å². The third-order valence-electron chi connectivity index (χ3n) is 5.26. The summed E-state index contributed by atoms with van der Waals surface area (Å²) in [6.07, 6.45) is 0.918. The van der Waals surface area contributed by atoms with Gasteiger partial charge in [-0.05, 0) is 23.3 Å². The van der Waals surface area contributed by atoms with Crippen molar-refractivity contribution in [2.24, 2.45) is 0 Å². The Bertz CT molecular complexity index is 955. The molecular weight excluding hydrogens is 330 g/mol. The van der Waals surface area contributed by atoms with Gasteiger partial charge in [-0.25, -0.2) is 0 Å². The summed E-state index contributed by atoms with van der Waals surface area (Å²) < 4.78 is 17.0. The number of methoxy groups -OCH3 is 1. The Morgan fingerprint density at radius 1 is 1.15 bits per heavy atom. The molecular formula is C20H19N3O3. The van der Waals surface area contributed by atoms with Gasteiger partial charge in [0, 0.05) is 18.5 Å². The van der Waals surface area contributed by atoms with E-state index in [0.717, 1.165) is 30.8 Å². The van der Waals surface area contributed by atoms with Crippen LogP contribution in [0.5, 0.6) is 5.75 Å². The third kappa shape index (κ3) is 2.37. The lowest BCUT2D eigenvalue weighted by Crippen LogP contribution is -2.30. The highest BCUT2D eigenvalue weighted by Crippen LogP contribution is 2.44. The Balaban J connectivity index is 1.40. The van der Waals surface area contributed by atoms with Crippen LogP contribution in [0.3, 0.4) is 0 Å². The van der Waals surface area contributed by atoms with Crippen LogP contribution < -0.4 is 9.64 Å². The second kappa shape index (κ2) is 5.85. The van der Waals surface area contributed by atoms with Crippen molar-refractivity contribution in [2.75, 3.05) is 25.1 Å². The third-order valence-corrected chi connectivity index (χ3v) is 5.26. The van der Waals surface area contributed by atoms with Gasteiger partial charge in [0.2, 0.25) is 5.82 Å². The van der Waals surface area contributed by atoms with E-state index in [9.17, 15) is 0 Å². The molecule has 1 fully saturated rings. The van der Waals surface area contributed by atoms with Crippen molar-refractivity contribution in [3.63, 3.8) is 0 Å². The first-order valence-corrected chi connectivity index (χ1v) is 8.73. The van der Waals surface area contributed by atoms with Crippen molar-refractivity contribution in [3.8, 4) is 17.1 Å². The van der Waals surface area contributed by atoms with Crippen molar-refractivity contribution in [3.05, 3.63) is 59.7 Å². The number of aromatic nitrogens is 2. The minimum Gasteiger partial charge on any atom is -0.497 e. The van der Waals surface area contributed by atoms with Crippen LogP contribution in [-0.2, 0) is 16.9 Å². The van der Waals surface area contributed by atoms with Gasteiger partial charge in [0.05, 0.1) is 20.3 Å². The molecule has 5 rings (SSSR count). The SMILES string of the molecule is COc1cccc(-c2noc(N3CCC4(C3)OCc3ccccc34)n2)c1. The van der Waals surface area contributed by atoms with Crippen molar-refractivity contribution in [1.29, 1.82) is 0 Å². The molecule has 1 saturated heterocycles. The minimum absolute atomic E-state index is 0.263. The van der Waals surface area contributed by atoms with E-state index >= 15 is 0 Å². The zero-order valence-corrected chi connectivity index (χ0v) is 14.5. The van der Waals surface area contributed by atoms with Gasteiger partial charge in [-0.2, -0.15) is 4.98 Å². The van der Waals surface area contributed by atoms with Crippen LogP contribution in [-0.4, -0.2) is 30.3 Å². The highest BCUT2D eigenvalue weighted by Gasteiger charge is 2.46. The molecule has 2 aliphatic rings. The highest BCUT2D eigenvalue weighted by molar-refractivity contribution is 5.58. The van der Waals surface area contributed by atoms with Gasteiger partial charge in [0.15, 0.2) is 0 Å². The minimum atomic E-state index is -0.263. The molecule has 0 amide bonds. The van der Waals surface area contributed by atoms with E-state index in [1.54, 1.807) is 7.11 Å². The molecule has 2 aliphatic heterocycles. The first-order valence-electron chi connectivity index (χ1n) is 8.73. The molecule has 0 aliphatic carbocycles. The molecule has 2 aromatic carbocycles. The van der Waals surface area contributed by atoms with Gasteiger partial charge in [-0.3, -0.25) is 0 Å². The van der Waals surface area contributed by atoms with E-state index in [4.69, 9.17) is 14.0 Å². The Morgan fingerprint density at radius 2 is 2.08 bits per heavy atom. The summed E-state index contributed by atoms with van der Waals surface area (Å²) in [6, 6.07) is 16.6. The molecule has 132 valence electrons.